The van der Waals surface area contributed by atoms with E-state index in [2.05, 4.69) is 9.68 Å². The van der Waals surface area contributed by atoms with Gasteiger partial charge in [0.25, 0.3) is 0 Å². The van der Waals surface area contributed by atoms with Crippen molar-refractivity contribution in [3.05, 3.63) is 6.42 Å². The van der Waals surface area contributed by atoms with Gasteiger partial charge in [-0.05, 0) is 12.8 Å². The molecule has 0 aliphatic carbocycles. The van der Waals surface area contributed by atoms with E-state index in [0.29, 0.717) is 11.5 Å². The largest absolute Gasteiger partial charge is 0.348 e. The number of hydrogen-bond donors (Lipinski definition) is 1. The third kappa shape index (κ3) is 2.18. The van der Waals surface area contributed by atoms with Crippen LogP contribution in [0.1, 0.15) is 6.42 Å². The number of rotatable bonds is 0. The number of urea groups is 1. The highest BCUT2D eigenvalue weighted by Crippen LogP contribution is 2.11. The van der Waals surface area contributed by atoms with E-state index in [4.69, 9.17) is 0 Å². The molecule has 0 spiro atoms. The molecule has 0 saturated carbocycles. The van der Waals surface area contributed by atoms with E-state index in [9.17, 15) is 9.00 Å². The monoisotopic (exact) mass is 175 g/mol. The summed E-state index contributed by atoms with van der Waals surface area (Å²) in [7, 11) is -0.728. The van der Waals surface area contributed by atoms with E-state index in [1.54, 1.807) is 0 Å². The summed E-state index contributed by atoms with van der Waals surface area (Å²) in [6.45, 7) is 0. The van der Waals surface area contributed by atoms with Crippen LogP contribution in [-0.4, -0.2) is 28.8 Å². The van der Waals surface area contributed by atoms with Crippen LogP contribution in [0.5, 0.6) is 0 Å². The van der Waals surface area contributed by atoms with Crippen molar-refractivity contribution in [3.8, 4) is 0 Å². The van der Waals surface area contributed by atoms with E-state index in [0.717, 1.165) is 6.42 Å². The molecular formula is C6H11N2O2S. The molecule has 4 nitrogen and oxygen atoms in total. The van der Waals surface area contributed by atoms with Crippen LogP contribution in [0.2, 0.25) is 0 Å². The highest BCUT2D eigenvalue weighted by Gasteiger charge is 2.17. The van der Waals surface area contributed by atoms with Crippen molar-refractivity contribution in [2.75, 3.05) is 18.6 Å². The Balaban J connectivity index is 2.78. The summed E-state index contributed by atoms with van der Waals surface area (Å²) < 4.78 is 15.1. The van der Waals surface area contributed by atoms with Crippen LogP contribution in [0.25, 0.3) is 0 Å². The maximum absolute atomic E-state index is 11.5. The van der Waals surface area contributed by atoms with Gasteiger partial charge in [-0.2, -0.15) is 0 Å². The van der Waals surface area contributed by atoms with E-state index in [1.807, 2.05) is 6.42 Å². The minimum absolute atomic E-state index is 0.459. The van der Waals surface area contributed by atoms with Crippen LogP contribution < -0.4 is 5.32 Å². The summed E-state index contributed by atoms with van der Waals surface area (Å²) in [5.74, 6) is 0.987. The van der Waals surface area contributed by atoms with Crippen LogP contribution in [0, 0.1) is 6.42 Å². The van der Waals surface area contributed by atoms with Crippen LogP contribution in [0.3, 0.4) is 0 Å². The van der Waals surface area contributed by atoms with Gasteiger partial charge >= 0.3 is 6.03 Å². The zero-order chi connectivity index (χ0) is 8.32. The first kappa shape index (κ1) is 8.52. The van der Waals surface area contributed by atoms with Gasteiger partial charge < -0.3 is 5.32 Å². The molecule has 1 saturated heterocycles. The van der Waals surface area contributed by atoms with Gasteiger partial charge in [0, 0.05) is 18.6 Å². The van der Waals surface area contributed by atoms with Crippen LogP contribution in [0.4, 0.5) is 4.79 Å². The molecule has 1 radical (unpaired) electrons. The third-order valence-electron chi connectivity index (χ3n) is 1.48. The van der Waals surface area contributed by atoms with Gasteiger partial charge in [0.2, 0.25) is 0 Å². The van der Waals surface area contributed by atoms with Crippen LogP contribution >= 0.6 is 0 Å². The van der Waals surface area contributed by atoms with E-state index in [1.165, 1.54) is 7.05 Å². The lowest BCUT2D eigenvalue weighted by Gasteiger charge is -1.97. The van der Waals surface area contributed by atoms with Gasteiger partial charge in [0.15, 0.2) is 0 Å². The Morgan fingerprint density at radius 3 is 2.91 bits per heavy atom. The lowest BCUT2D eigenvalue weighted by Crippen LogP contribution is -2.16. The van der Waals surface area contributed by atoms with Crippen molar-refractivity contribution in [2.24, 2.45) is 4.36 Å². The van der Waals surface area contributed by atoms with Gasteiger partial charge in [0.05, 0.1) is 9.73 Å². The molecule has 2 amide bonds. The maximum atomic E-state index is 11.5. The zero-order valence-electron chi connectivity index (χ0n) is 6.37. The number of carbonyl (C=O) groups excluding carboxylic acids is 1. The molecule has 1 atom stereocenters. The van der Waals surface area contributed by atoms with Gasteiger partial charge in [-0.3, -0.25) is 0 Å². The Morgan fingerprint density at radius 1 is 1.73 bits per heavy atom. The second kappa shape index (κ2) is 3.21. The molecule has 5 heteroatoms. The molecule has 1 aliphatic heterocycles. The summed E-state index contributed by atoms with van der Waals surface area (Å²) in [6, 6.07) is -0.481. The fourth-order valence-electron chi connectivity index (χ4n) is 0.898. The first-order valence-electron chi connectivity index (χ1n) is 3.42. The fraction of sp³-hybridized carbons (Fsp3) is 0.667. The summed E-state index contributed by atoms with van der Waals surface area (Å²) in [5, 5.41) is 2.32. The second-order valence-corrected chi connectivity index (χ2v) is 4.84. The molecule has 1 N–H and O–H groups in total. The van der Waals surface area contributed by atoms with Gasteiger partial charge in [-0.1, -0.05) is 0 Å². The summed E-state index contributed by atoms with van der Waals surface area (Å²) in [5.41, 5.74) is 0. The SMILES string of the molecule is CNC(=O)N=S1(=O)C[CH]CC1. The molecule has 1 fully saturated rings. The van der Waals surface area contributed by atoms with Gasteiger partial charge in [0.1, 0.15) is 0 Å². The standard InChI is InChI=1S/C6H11N2O2S/c1-7-6(9)8-11(10)4-2-3-5-11/h2H,3-5H2,1H3,(H,7,9). The number of amides is 2. The first-order chi connectivity index (χ1) is 5.16. The predicted octanol–water partition coefficient (Wildman–Crippen LogP) is 0.402. The van der Waals surface area contributed by atoms with Gasteiger partial charge in [-0.15, -0.1) is 4.36 Å². The van der Waals surface area contributed by atoms with E-state index in [-0.39, 0.29) is 0 Å². The van der Waals surface area contributed by atoms with E-state index >= 15 is 0 Å². The predicted molar refractivity (Wildman–Crippen MR) is 43.7 cm³/mol. The summed E-state index contributed by atoms with van der Waals surface area (Å²) in [6.07, 6.45) is 2.72. The molecule has 1 unspecified atom stereocenters. The molecule has 0 bridgehead atoms. The topological polar surface area (TPSA) is 58.5 Å². The molecule has 11 heavy (non-hydrogen) atoms. The van der Waals surface area contributed by atoms with Crippen molar-refractivity contribution in [3.63, 3.8) is 0 Å². The molecule has 0 aromatic rings. The quantitative estimate of drug-likeness (QED) is 0.579. The lowest BCUT2D eigenvalue weighted by molar-refractivity contribution is 0.251. The average Bonchev–Trinajstić information content (AvgIpc) is 2.36. The van der Waals surface area contributed by atoms with Crippen molar-refractivity contribution in [1.29, 1.82) is 0 Å². The van der Waals surface area contributed by atoms with Crippen molar-refractivity contribution in [2.45, 2.75) is 6.42 Å². The Hall–Kier alpha value is -0.580. The van der Waals surface area contributed by atoms with Crippen LogP contribution in [-0.2, 0) is 9.73 Å². The normalized spacial score (nSPS) is 21.2. The minimum atomic E-state index is -2.21. The van der Waals surface area contributed by atoms with Crippen LogP contribution in [0.15, 0.2) is 4.36 Å². The molecule has 0 aromatic carbocycles. The highest BCUT2D eigenvalue weighted by atomic mass is 32.2. The minimum Gasteiger partial charge on any atom is -0.339 e. The molecule has 1 rings (SSSR count). The van der Waals surface area contributed by atoms with Gasteiger partial charge in [-0.25, -0.2) is 9.00 Å². The Morgan fingerprint density at radius 2 is 2.45 bits per heavy atom. The van der Waals surface area contributed by atoms with Crippen molar-refractivity contribution in [1.82, 2.24) is 5.32 Å². The number of nitrogens with zero attached hydrogens (tertiary/aromatic N) is 1. The molecule has 1 aliphatic rings. The second-order valence-electron chi connectivity index (χ2n) is 2.37. The summed E-state index contributed by atoms with van der Waals surface area (Å²) in [4.78, 5) is 10.7. The zero-order valence-corrected chi connectivity index (χ0v) is 7.19. The Kier molecular flexibility index (Phi) is 2.49. The Labute approximate surface area is 66.5 Å². The lowest BCUT2D eigenvalue weighted by atomic mass is 10.4. The number of carbonyl (C=O) groups is 1. The molecule has 1 heterocycles. The number of nitrogens with one attached hydrogen (secondary N) is 1. The smallest absolute Gasteiger partial charge is 0.339 e. The fourth-order valence-corrected chi connectivity index (χ4v) is 2.69. The third-order valence-corrected chi connectivity index (χ3v) is 3.61. The molecule has 63 valence electrons. The van der Waals surface area contributed by atoms with E-state index < -0.39 is 15.8 Å². The highest BCUT2D eigenvalue weighted by molar-refractivity contribution is 7.94. The first-order valence-corrected chi connectivity index (χ1v) is 5.27. The molecule has 0 aromatic heterocycles. The number of hydrogen-bond acceptors (Lipinski definition) is 2. The van der Waals surface area contributed by atoms with Crippen molar-refractivity contribution < 1.29 is 9.00 Å². The average molecular weight is 175 g/mol. The molecular weight excluding hydrogens is 164 g/mol. The Bertz CT molecular complexity index is 254. The maximum Gasteiger partial charge on any atom is 0.348 e. The van der Waals surface area contributed by atoms with Crippen molar-refractivity contribution >= 4 is 15.8 Å². The summed E-state index contributed by atoms with van der Waals surface area (Å²) >= 11 is 0.